The summed E-state index contributed by atoms with van der Waals surface area (Å²) < 4.78 is 46.1. The Balaban J connectivity index is 2.07. The van der Waals surface area contributed by atoms with Gasteiger partial charge in [0.1, 0.15) is 5.75 Å². The summed E-state index contributed by atoms with van der Waals surface area (Å²) in [6, 6.07) is 5.93. The molecule has 1 heterocycles. The van der Waals surface area contributed by atoms with Crippen LogP contribution in [-0.4, -0.2) is 40.7 Å². The summed E-state index contributed by atoms with van der Waals surface area (Å²) in [5.74, 6) is -2.12. The van der Waals surface area contributed by atoms with Gasteiger partial charge in [0.05, 0.1) is 18.6 Å². The monoisotopic (exact) mass is 342 g/mol. The van der Waals surface area contributed by atoms with E-state index in [0.29, 0.717) is 19.3 Å². The van der Waals surface area contributed by atoms with Gasteiger partial charge >= 0.3 is 6.18 Å². The molecule has 1 fully saturated rings. The van der Waals surface area contributed by atoms with Crippen molar-refractivity contribution in [3.05, 3.63) is 29.8 Å². The molecule has 130 valence electrons. The first-order chi connectivity index (χ1) is 11.3. The zero-order valence-electron chi connectivity index (χ0n) is 13.0. The summed E-state index contributed by atoms with van der Waals surface area (Å²) in [4.78, 5) is 12.7. The number of amides is 1. The largest absolute Gasteiger partial charge is 0.496 e. The number of carbonyl (C=O) groups is 1. The lowest BCUT2D eigenvalue weighted by Gasteiger charge is -2.38. The highest BCUT2D eigenvalue weighted by molar-refractivity contribution is 6.01. The van der Waals surface area contributed by atoms with Crippen molar-refractivity contribution in [2.24, 2.45) is 11.0 Å². The molecule has 1 aliphatic heterocycles. The fourth-order valence-electron chi connectivity index (χ4n) is 3.35. The van der Waals surface area contributed by atoms with Crippen LogP contribution in [0, 0.1) is 5.92 Å². The molecule has 1 amide bonds. The molecule has 24 heavy (non-hydrogen) atoms. The first-order valence-corrected chi connectivity index (χ1v) is 7.64. The lowest BCUT2D eigenvalue weighted by atomic mass is 9.80. The van der Waals surface area contributed by atoms with Gasteiger partial charge in [0, 0.05) is 5.71 Å². The van der Waals surface area contributed by atoms with Crippen molar-refractivity contribution in [2.45, 2.75) is 37.6 Å². The van der Waals surface area contributed by atoms with Crippen molar-refractivity contribution < 1.29 is 27.8 Å². The van der Waals surface area contributed by atoms with E-state index in [2.05, 4.69) is 5.10 Å². The predicted molar refractivity (Wildman–Crippen MR) is 79.6 cm³/mol. The number of benzene rings is 1. The highest BCUT2D eigenvalue weighted by atomic mass is 19.4. The lowest BCUT2D eigenvalue weighted by molar-refractivity contribution is -0.312. The second-order valence-electron chi connectivity index (χ2n) is 5.93. The number of hydrogen-bond acceptors (Lipinski definition) is 4. The smallest absolute Gasteiger partial charge is 0.439 e. The summed E-state index contributed by atoms with van der Waals surface area (Å²) in [5, 5.41) is 14.5. The Bertz CT molecular complexity index is 689. The van der Waals surface area contributed by atoms with Crippen LogP contribution in [0.25, 0.3) is 0 Å². The molecule has 1 aromatic carbocycles. The van der Waals surface area contributed by atoms with Gasteiger partial charge < -0.3 is 9.84 Å². The number of nitrogens with zero attached hydrogens (tertiary/aromatic N) is 2. The Morgan fingerprint density at radius 1 is 1.38 bits per heavy atom. The van der Waals surface area contributed by atoms with Crippen molar-refractivity contribution in [2.75, 3.05) is 7.11 Å². The van der Waals surface area contributed by atoms with Crippen LogP contribution in [0.15, 0.2) is 29.4 Å². The first-order valence-electron chi connectivity index (χ1n) is 7.64. The Kier molecular flexibility index (Phi) is 4.03. The van der Waals surface area contributed by atoms with E-state index in [9.17, 15) is 23.1 Å². The van der Waals surface area contributed by atoms with Gasteiger partial charge in [-0.3, -0.25) is 4.79 Å². The number of hydrazone groups is 1. The topological polar surface area (TPSA) is 62.1 Å². The van der Waals surface area contributed by atoms with E-state index in [0.717, 1.165) is 0 Å². The molecule has 0 unspecified atom stereocenters. The van der Waals surface area contributed by atoms with E-state index in [1.807, 2.05) is 0 Å². The zero-order valence-corrected chi connectivity index (χ0v) is 13.0. The van der Waals surface area contributed by atoms with Gasteiger partial charge in [0.25, 0.3) is 11.6 Å². The lowest BCUT2D eigenvalue weighted by Crippen LogP contribution is -2.61. The molecule has 1 N–H and O–H groups in total. The van der Waals surface area contributed by atoms with Gasteiger partial charge in [-0.25, -0.2) is 0 Å². The average Bonchev–Trinajstić information content (AvgIpc) is 2.88. The van der Waals surface area contributed by atoms with E-state index in [4.69, 9.17) is 4.74 Å². The average molecular weight is 342 g/mol. The molecule has 0 radical (unpaired) electrons. The van der Waals surface area contributed by atoms with Gasteiger partial charge in [0.15, 0.2) is 0 Å². The fourth-order valence-corrected chi connectivity index (χ4v) is 3.35. The van der Waals surface area contributed by atoms with Crippen LogP contribution in [0.2, 0.25) is 0 Å². The number of ether oxygens (including phenoxy) is 1. The maximum Gasteiger partial charge on any atom is 0.439 e. The van der Waals surface area contributed by atoms with Crippen molar-refractivity contribution in [1.82, 2.24) is 5.01 Å². The zero-order chi connectivity index (χ0) is 17.5. The Labute approximate surface area is 136 Å². The molecule has 1 aromatic rings. The van der Waals surface area contributed by atoms with Crippen molar-refractivity contribution in [3.63, 3.8) is 0 Å². The van der Waals surface area contributed by atoms with Crippen LogP contribution >= 0.6 is 0 Å². The second-order valence-corrected chi connectivity index (χ2v) is 5.93. The van der Waals surface area contributed by atoms with Crippen LogP contribution in [-0.2, 0) is 0 Å². The molecule has 0 bridgehead atoms. The molecule has 1 aliphatic carbocycles. The van der Waals surface area contributed by atoms with Crippen LogP contribution < -0.4 is 4.74 Å². The number of carbonyl (C=O) groups excluding carboxylic acids is 1. The van der Waals surface area contributed by atoms with E-state index in [1.165, 1.54) is 25.3 Å². The molecule has 2 aliphatic rings. The summed E-state index contributed by atoms with van der Waals surface area (Å²) >= 11 is 0. The van der Waals surface area contributed by atoms with Crippen LogP contribution in [0.5, 0.6) is 5.75 Å². The third-order valence-electron chi connectivity index (χ3n) is 4.56. The van der Waals surface area contributed by atoms with E-state index >= 15 is 0 Å². The number of para-hydroxylation sites is 1. The van der Waals surface area contributed by atoms with Crippen molar-refractivity contribution in [1.29, 1.82) is 0 Å². The summed E-state index contributed by atoms with van der Waals surface area (Å²) in [5.41, 5.74) is -3.17. The molecule has 5 nitrogen and oxygen atoms in total. The number of fused-ring (bicyclic) bond motifs is 1. The first kappa shape index (κ1) is 16.8. The minimum atomic E-state index is -5.02. The Morgan fingerprint density at radius 2 is 2.08 bits per heavy atom. The highest BCUT2D eigenvalue weighted by Crippen LogP contribution is 2.48. The summed E-state index contributed by atoms with van der Waals surface area (Å²) in [6.45, 7) is 0. The van der Waals surface area contributed by atoms with Gasteiger partial charge in [-0.1, -0.05) is 18.6 Å². The molecular weight excluding hydrogens is 325 g/mol. The Morgan fingerprint density at radius 3 is 2.75 bits per heavy atom. The SMILES string of the molecule is COc1ccccc1C(=O)N1N=C2CCCC[C@H]2[C@@]1(O)C(F)(F)F. The number of halogens is 3. The second kappa shape index (κ2) is 5.77. The number of hydrogen-bond donors (Lipinski definition) is 1. The molecule has 8 heteroatoms. The minimum Gasteiger partial charge on any atom is -0.496 e. The maximum absolute atomic E-state index is 13.7. The molecule has 0 aromatic heterocycles. The highest BCUT2D eigenvalue weighted by Gasteiger charge is 2.68. The quantitative estimate of drug-likeness (QED) is 0.899. The van der Waals surface area contributed by atoms with Gasteiger partial charge in [-0.05, 0) is 31.4 Å². The van der Waals surface area contributed by atoms with Gasteiger partial charge in [-0.2, -0.15) is 23.3 Å². The van der Waals surface area contributed by atoms with Crippen LogP contribution in [0.3, 0.4) is 0 Å². The van der Waals surface area contributed by atoms with E-state index in [-0.39, 0.29) is 28.5 Å². The van der Waals surface area contributed by atoms with Gasteiger partial charge in [-0.15, -0.1) is 0 Å². The molecular formula is C16H17F3N2O3. The molecule has 1 saturated carbocycles. The maximum atomic E-state index is 13.7. The normalized spacial score (nSPS) is 26.8. The number of alkyl halides is 3. The summed E-state index contributed by atoms with van der Waals surface area (Å²) in [7, 11) is 1.32. The molecule has 0 saturated heterocycles. The molecule has 0 spiro atoms. The number of aliphatic hydroxyl groups is 1. The minimum absolute atomic E-state index is 0.0781. The van der Waals surface area contributed by atoms with Crippen molar-refractivity contribution in [3.8, 4) is 5.75 Å². The fraction of sp³-hybridized carbons (Fsp3) is 0.500. The number of methoxy groups -OCH3 is 1. The Hall–Kier alpha value is -2.09. The standard InChI is InChI=1S/C16H17F3N2O3/c1-24-13-9-5-2-6-10(13)14(22)21-15(23,16(17,18)19)11-7-3-4-8-12(11)20-21/h2,5-6,9,11,23H,3-4,7-8H2,1H3/t11-,15-/m1/s1. The van der Waals surface area contributed by atoms with Crippen LogP contribution in [0.1, 0.15) is 36.0 Å². The van der Waals surface area contributed by atoms with E-state index < -0.39 is 23.7 Å². The summed E-state index contributed by atoms with van der Waals surface area (Å²) in [6.07, 6.45) is -3.28. The van der Waals surface area contributed by atoms with Gasteiger partial charge in [0.2, 0.25) is 0 Å². The van der Waals surface area contributed by atoms with Crippen molar-refractivity contribution >= 4 is 11.6 Å². The van der Waals surface area contributed by atoms with E-state index in [1.54, 1.807) is 6.07 Å². The molecule has 2 atom stereocenters. The van der Waals surface area contributed by atoms with Crippen LogP contribution in [0.4, 0.5) is 13.2 Å². The third-order valence-corrected chi connectivity index (χ3v) is 4.56. The predicted octanol–water partition coefficient (Wildman–Crippen LogP) is 2.95. The number of rotatable bonds is 2. The molecule has 3 rings (SSSR count). The third kappa shape index (κ3) is 2.36.